The van der Waals surface area contributed by atoms with E-state index < -0.39 is 23.7 Å². The summed E-state index contributed by atoms with van der Waals surface area (Å²) < 4.78 is 5.26. The second-order valence-corrected chi connectivity index (χ2v) is 5.38. The van der Waals surface area contributed by atoms with E-state index >= 15 is 0 Å². The van der Waals surface area contributed by atoms with Crippen LogP contribution in [0.4, 0.5) is 4.79 Å². The first-order valence-corrected chi connectivity index (χ1v) is 6.00. The number of hydrogen-bond acceptors (Lipinski definition) is 3. The van der Waals surface area contributed by atoms with Crippen molar-refractivity contribution in [3.05, 3.63) is 0 Å². The van der Waals surface area contributed by atoms with E-state index in [4.69, 9.17) is 9.84 Å². The molecule has 1 N–H and O–H groups in total. The number of aliphatic carboxylic acids is 1. The van der Waals surface area contributed by atoms with Crippen LogP contribution in [0.1, 0.15) is 47.0 Å². The van der Waals surface area contributed by atoms with Crippen LogP contribution in [0.15, 0.2) is 0 Å². The molecule has 1 atom stereocenters. The molecule has 1 rings (SSSR count). The fourth-order valence-electron chi connectivity index (χ4n) is 1.69. The molecule has 0 aromatic heterocycles. The Kier molecular flexibility index (Phi) is 4.01. The Balaban J connectivity index is 2.78. The van der Waals surface area contributed by atoms with Crippen LogP contribution in [-0.2, 0) is 9.53 Å². The Hall–Kier alpha value is -1.26. The number of carbonyl (C=O) groups excluding carboxylic acids is 1. The normalized spacial score (nSPS) is 17.4. The molecular weight excluding hydrogens is 222 g/mol. The second kappa shape index (κ2) is 4.94. The van der Waals surface area contributed by atoms with Crippen molar-refractivity contribution in [3.8, 4) is 0 Å². The maximum atomic E-state index is 12.0. The van der Waals surface area contributed by atoms with Crippen molar-refractivity contribution in [2.45, 2.75) is 64.6 Å². The van der Waals surface area contributed by atoms with Crippen molar-refractivity contribution in [2.24, 2.45) is 0 Å². The topological polar surface area (TPSA) is 66.8 Å². The first kappa shape index (κ1) is 13.8. The van der Waals surface area contributed by atoms with Crippen LogP contribution >= 0.6 is 0 Å². The molecule has 1 amide bonds. The molecular formula is C12H21NO4. The largest absolute Gasteiger partial charge is 0.480 e. The summed E-state index contributed by atoms with van der Waals surface area (Å²) in [6.07, 6.45) is 1.60. The molecule has 98 valence electrons. The van der Waals surface area contributed by atoms with E-state index in [9.17, 15) is 9.59 Å². The van der Waals surface area contributed by atoms with E-state index in [2.05, 4.69) is 0 Å². The minimum atomic E-state index is -0.967. The van der Waals surface area contributed by atoms with Gasteiger partial charge in [-0.2, -0.15) is 0 Å². The lowest BCUT2D eigenvalue weighted by atomic mass is 10.2. The molecule has 1 unspecified atom stereocenters. The second-order valence-electron chi connectivity index (χ2n) is 5.38. The zero-order chi connectivity index (χ0) is 13.2. The summed E-state index contributed by atoms with van der Waals surface area (Å²) in [6.45, 7) is 7.09. The molecule has 0 radical (unpaired) electrons. The van der Waals surface area contributed by atoms with Crippen LogP contribution in [0, 0.1) is 0 Å². The maximum absolute atomic E-state index is 12.0. The van der Waals surface area contributed by atoms with Crippen molar-refractivity contribution < 1.29 is 19.4 Å². The summed E-state index contributed by atoms with van der Waals surface area (Å²) in [7, 11) is 0. The third kappa shape index (κ3) is 3.91. The van der Waals surface area contributed by atoms with E-state index in [0.717, 1.165) is 12.8 Å². The number of carboxylic acids is 1. The van der Waals surface area contributed by atoms with Gasteiger partial charge in [-0.25, -0.2) is 9.59 Å². The van der Waals surface area contributed by atoms with Gasteiger partial charge in [0.1, 0.15) is 11.6 Å². The van der Waals surface area contributed by atoms with Gasteiger partial charge in [0.15, 0.2) is 0 Å². The first-order chi connectivity index (χ1) is 7.76. The minimum Gasteiger partial charge on any atom is -0.480 e. The number of ether oxygens (including phenoxy) is 1. The van der Waals surface area contributed by atoms with Gasteiger partial charge in [0.05, 0.1) is 0 Å². The number of amides is 1. The molecule has 5 heteroatoms. The molecule has 0 aromatic carbocycles. The van der Waals surface area contributed by atoms with Gasteiger partial charge in [-0.15, -0.1) is 0 Å². The summed E-state index contributed by atoms with van der Waals surface area (Å²) in [6, 6.07) is -0.747. The molecule has 1 fully saturated rings. The molecule has 1 saturated carbocycles. The van der Waals surface area contributed by atoms with Gasteiger partial charge >= 0.3 is 12.1 Å². The van der Waals surface area contributed by atoms with Crippen molar-refractivity contribution in [1.82, 2.24) is 4.90 Å². The Morgan fingerprint density at radius 2 is 1.94 bits per heavy atom. The summed E-state index contributed by atoms with van der Waals surface area (Å²) in [4.78, 5) is 24.5. The highest BCUT2D eigenvalue weighted by Crippen LogP contribution is 2.31. The highest BCUT2D eigenvalue weighted by molar-refractivity contribution is 5.80. The van der Waals surface area contributed by atoms with Crippen LogP contribution in [0.3, 0.4) is 0 Å². The first-order valence-electron chi connectivity index (χ1n) is 6.00. The van der Waals surface area contributed by atoms with Crippen LogP contribution in [0.25, 0.3) is 0 Å². The number of hydrogen-bond donors (Lipinski definition) is 1. The van der Waals surface area contributed by atoms with Crippen LogP contribution < -0.4 is 0 Å². The zero-order valence-electron chi connectivity index (χ0n) is 10.9. The van der Waals surface area contributed by atoms with Crippen molar-refractivity contribution >= 4 is 12.1 Å². The number of carbonyl (C=O) groups is 2. The Labute approximate surface area is 102 Å². The van der Waals surface area contributed by atoms with E-state index in [1.54, 1.807) is 27.7 Å². The van der Waals surface area contributed by atoms with Crippen molar-refractivity contribution in [2.75, 3.05) is 0 Å². The third-order valence-corrected chi connectivity index (χ3v) is 2.55. The summed E-state index contributed by atoms with van der Waals surface area (Å²) in [5.74, 6) is -0.967. The number of rotatable bonds is 4. The molecule has 1 aliphatic rings. The quantitative estimate of drug-likeness (QED) is 0.822. The molecule has 0 spiro atoms. The predicted octanol–water partition coefficient (Wildman–Crippen LogP) is 2.25. The van der Waals surface area contributed by atoms with Gasteiger partial charge < -0.3 is 9.84 Å². The molecule has 17 heavy (non-hydrogen) atoms. The zero-order valence-corrected chi connectivity index (χ0v) is 10.9. The third-order valence-electron chi connectivity index (χ3n) is 2.55. The summed E-state index contributed by atoms with van der Waals surface area (Å²) in [5, 5.41) is 9.12. The van der Waals surface area contributed by atoms with Gasteiger partial charge in [0.25, 0.3) is 0 Å². The van der Waals surface area contributed by atoms with Crippen LogP contribution in [-0.4, -0.2) is 39.8 Å². The summed E-state index contributed by atoms with van der Waals surface area (Å²) >= 11 is 0. The van der Waals surface area contributed by atoms with E-state index in [-0.39, 0.29) is 6.04 Å². The molecule has 0 bridgehead atoms. The Bertz CT molecular complexity index is 304. The fraction of sp³-hybridized carbons (Fsp3) is 0.833. The highest BCUT2D eigenvalue weighted by atomic mass is 16.6. The number of nitrogens with zero attached hydrogens (tertiary/aromatic N) is 1. The fourth-order valence-corrected chi connectivity index (χ4v) is 1.69. The van der Waals surface area contributed by atoms with E-state index in [1.807, 2.05) is 0 Å². The SMILES string of the molecule is CCC(C(=O)O)N(C(=O)OC(C)(C)C)C1CC1. The smallest absolute Gasteiger partial charge is 0.411 e. The Morgan fingerprint density at radius 1 is 1.41 bits per heavy atom. The highest BCUT2D eigenvalue weighted by Gasteiger charge is 2.41. The molecule has 5 nitrogen and oxygen atoms in total. The van der Waals surface area contributed by atoms with Gasteiger partial charge in [-0.05, 0) is 40.0 Å². The average Bonchev–Trinajstić information content (AvgIpc) is 2.93. The lowest BCUT2D eigenvalue weighted by Gasteiger charge is -2.31. The molecule has 0 aliphatic heterocycles. The molecule has 1 aliphatic carbocycles. The van der Waals surface area contributed by atoms with Gasteiger partial charge in [-0.3, -0.25) is 4.90 Å². The predicted molar refractivity (Wildman–Crippen MR) is 62.8 cm³/mol. The lowest BCUT2D eigenvalue weighted by molar-refractivity contribution is -0.143. The summed E-state index contributed by atoms with van der Waals surface area (Å²) in [5.41, 5.74) is -0.596. The van der Waals surface area contributed by atoms with Crippen LogP contribution in [0.2, 0.25) is 0 Å². The molecule has 0 saturated heterocycles. The van der Waals surface area contributed by atoms with Gasteiger partial charge in [-0.1, -0.05) is 6.92 Å². The average molecular weight is 243 g/mol. The van der Waals surface area contributed by atoms with Gasteiger partial charge in [0.2, 0.25) is 0 Å². The van der Waals surface area contributed by atoms with E-state index in [1.165, 1.54) is 4.90 Å². The minimum absolute atomic E-state index is 0.0332. The standard InChI is InChI=1S/C12H21NO4/c1-5-9(10(14)15)13(8-6-7-8)11(16)17-12(2,3)4/h8-9H,5-7H2,1-4H3,(H,14,15). The maximum Gasteiger partial charge on any atom is 0.411 e. The van der Waals surface area contributed by atoms with Crippen molar-refractivity contribution in [1.29, 1.82) is 0 Å². The van der Waals surface area contributed by atoms with Gasteiger partial charge in [0, 0.05) is 6.04 Å². The number of carboxylic acid groups (broad SMARTS) is 1. The van der Waals surface area contributed by atoms with E-state index in [0.29, 0.717) is 6.42 Å². The monoisotopic (exact) mass is 243 g/mol. The lowest BCUT2D eigenvalue weighted by Crippen LogP contribution is -2.48. The van der Waals surface area contributed by atoms with Crippen LogP contribution in [0.5, 0.6) is 0 Å². The molecule has 0 heterocycles. The van der Waals surface area contributed by atoms with Crippen molar-refractivity contribution in [3.63, 3.8) is 0 Å². The Morgan fingerprint density at radius 3 is 2.24 bits per heavy atom. The molecule has 0 aromatic rings.